The number of methoxy groups -OCH3 is 1. The van der Waals surface area contributed by atoms with Gasteiger partial charge in [-0.1, -0.05) is 0 Å². The minimum atomic E-state index is -0.999. The number of carbonyl (C=O) groups excluding carboxylic acids is 2. The van der Waals surface area contributed by atoms with Crippen LogP contribution in [0.5, 0.6) is 5.75 Å². The maximum absolute atomic E-state index is 12.7. The molecule has 8 heteroatoms. The van der Waals surface area contributed by atoms with Crippen LogP contribution in [0.2, 0.25) is 0 Å². The van der Waals surface area contributed by atoms with Gasteiger partial charge < -0.3 is 14.7 Å². The molecule has 0 spiro atoms. The Morgan fingerprint density at radius 2 is 1.93 bits per heavy atom. The summed E-state index contributed by atoms with van der Waals surface area (Å²) in [6.07, 6.45) is 4.45. The summed E-state index contributed by atoms with van der Waals surface area (Å²) in [5.41, 5.74) is 1.41. The van der Waals surface area contributed by atoms with Crippen LogP contribution in [0.3, 0.4) is 0 Å². The molecule has 0 atom stereocenters. The van der Waals surface area contributed by atoms with Crippen molar-refractivity contribution < 1.29 is 24.2 Å². The number of rotatable bonds is 6. The van der Waals surface area contributed by atoms with Gasteiger partial charge in [-0.15, -0.1) is 0 Å². The Balaban J connectivity index is 1.63. The van der Waals surface area contributed by atoms with E-state index in [0.29, 0.717) is 42.8 Å². The number of carboxylic acid groups (broad SMARTS) is 1. The lowest BCUT2D eigenvalue weighted by Crippen LogP contribution is -2.40. The molecule has 0 saturated carbocycles. The first-order chi connectivity index (χ1) is 13.4. The van der Waals surface area contributed by atoms with Crippen molar-refractivity contribution in [2.24, 2.45) is 0 Å². The van der Waals surface area contributed by atoms with E-state index < -0.39 is 5.97 Å². The zero-order valence-electron chi connectivity index (χ0n) is 15.9. The van der Waals surface area contributed by atoms with Gasteiger partial charge in [0.1, 0.15) is 5.75 Å². The lowest BCUT2D eigenvalue weighted by Gasteiger charge is -2.32. The number of carboxylic acids is 1. The lowest BCUT2D eigenvalue weighted by molar-refractivity contribution is -0.131. The second-order valence-electron chi connectivity index (χ2n) is 6.89. The number of amides is 1. The molecule has 2 heterocycles. The quantitative estimate of drug-likeness (QED) is 0.765. The summed E-state index contributed by atoms with van der Waals surface area (Å²) < 4.78 is 6.99. The molecule has 1 aromatic carbocycles. The van der Waals surface area contributed by atoms with Gasteiger partial charge in [0, 0.05) is 30.4 Å². The molecule has 0 aliphatic carbocycles. The van der Waals surface area contributed by atoms with Crippen molar-refractivity contribution in [3.63, 3.8) is 0 Å². The van der Waals surface area contributed by atoms with Crippen molar-refractivity contribution in [2.75, 3.05) is 20.2 Å². The van der Waals surface area contributed by atoms with E-state index in [1.165, 1.54) is 26.4 Å². The molecule has 0 unspecified atom stereocenters. The zero-order valence-corrected chi connectivity index (χ0v) is 15.9. The maximum Gasteiger partial charge on any atom is 0.338 e. The number of likely N-dealkylation sites (tertiary alicyclic amines) is 1. The van der Waals surface area contributed by atoms with Crippen LogP contribution in [0.25, 0.3) is 0 Å². The van der Waals surface area contributed by atoms with Crippen molar-refractivity contribution in [3.8, 4) is 5.75 Å². The Bertz CT molecular complexity index is 897. The van der Waals surface area contributed by atoms with Gasteiger partial charge >= 0.3 is 5.97 Å². The lowest BCUT2D eigenvalue weighted by atomic mass is 10.0. The van der Waals surface area contributed by atoms with E-state index in [2.05, 4.69) is 5.10 Å². The van der Waals surface area contributed by atoms with Gasteiger partial charge in [-0.05, 0) is 38.0 Å². The minimum Gasteiger partial charge on any atom is -0.496 e. The topological polar surface area (TPSA) is 102 Å². The molecular formula is C20H23N3O5. The van der Waals surface area contributed by atoms with Crippen LogP contribution in [0, 0.1) is 0 Å². The van der Waals surface area contributed by atoms with Crippen molar-refractivity contribution in [2.45, 2.75) is 32.2 Å². The van der Waals surface area contributed by atoms with Crippen LogP contribution >= 0.6 is 0 Å². The number of ketones is 1. The van der Waals surface area contributed by atoms with Crippen molar-refractivity contribution in [1.29, 1.82) is 0 Å². The fraction of sp³-hybridized carbons (Fsp3) is 0.400. The molecule has 3 rings (SSSR count). The molecule has 0 radical (unpaired) electrons. The van der Waals surface area contributed by atoms with Crippen molar-refractivity contribution in [3.05, 3.63) is 47.3 Å². The Kier molecular flexibility index (Phi) is 5.77. The number of ether oxygens (including phenoxy) is 1. The SMILES string of the molecule is COc1ccc(C(C)=O)cc1CC(=O)N1CCC(n2cc(C(=O)O)cn2)CC1. The summed E-state index contributed by atoms with van der Waals surface area (Å²) in [7, 11) is 1.54. The molecule has 148 valence electrons. The zero-order chi connectivity index (χ0) is 20.3. The van der Waals surface area contributed by atoms with Gasteiger partial charge in [-0.3, -0.25) is 14.3 Å². The molecule has 1 fully saturated rings. The molecule has 1 aliphatic heterocycles. The van der Waals surface area contributed by atoms with Crippen molar-refractivity contribution in [1.82, 2.24) is 14.7 Å². The number of carbonyl (C=O) groups is 3. The highest BCUT2D eigenvalue weighted by molar-refractivity contribution is 5.94. The van der Waals surface area contributed by atoms with Gasteiger partial charge in [0.15, 0.2) is 5.78 Å². The third kappa shape index (κ3) is 4.21. The molecule has 8 nitrogen and oxygen atoms in total. The molecule has 1 aromatic heterocycles. The van der Waals surface area contributed by atoms with Crippen LogP contribution in [0.1, 0.15) is 52.1 Å². The predicted octanol–water partition coefficient (Wildman–Crippen LogP) is 2.20. The van der Waals surface area contributed by atoms with E-state index in [1.54, 1.807) is 27.8 Å². The van der Waals surface area contributed by atoms with Gasteiger partial charge in [0.05, 0.1) is 31.3 Å². The molecular weight excluding hydrogens is 362 g/mol. The number of benzene rings is 1. The summed E-state index contributed by atoms with van der Waals surface area (Å²) in [6, 6.07) is 5.19. The molecule has 2 aromatic rings. The third-order valence-electron chi connectivity index (χ3n) is 5.07. The average molecular weight is 385 g/mol. The number of hydrogen-bond acceptors (Lipinski definition) is 5. The van der Waals surface area contributed by atoms with E-state index in [4.69, 9.17) is 9.84 Å². The highest BCUT2D eigenvalue weighted by Crippen LogP contribution is 2.25. The predicted molar refractivity (Wildman–Crippen MR) is 101 cm³/mol. The van der Waals surface area contributed by atoms with Crippen LogP contribution in [0.15, 0.2) is 30.6 Å². The van der Waals surface area contributed by atoms with Gasteiger partial charge in [-0.2, -0.15) is 5.10 Å². The summed E-state index contributed by atoms with van der Waals surface area (Å²) in [4.78, 5) is 37.1. The first-order valence-electron chi connectivity index (χ1n) is 9.12. The average Bonchev–Trinajstić information content (AvgIpc) is 3.18. The second-order valence-corrected chi connectivity index (χ2v) is 6.89. The number of aromatic carboxylic acids is 1. The molecule has 1 aliphatic rings. The first kappa shape index (κ1) is 19.6. The van der Waals surface area contributed by atoms with E-state index in [0.717, 1.165) is 0 Å². The molecule has 0 bridgehead atoms. The maximum atomic E-state index is 12.7. The summed E-state index contributed by atoms with van der Waals surface area (Å²) in [6.45, 7) is 2.63. The Hall–Kier alpha value is -3.16. The smallest absolute Gasteiger partial charge is 0.338 e. The number of hydrogen-bond donors (Lipinski definition) is 1. The number of aromatic nitrogens is 2. The highest BCUT2D eigenvalue weighted by Gasteiger charge is 2.25. The van der Waals surface area contributed by atoms with Crippen LogP contribution in [0.4, 0.5) is 0 Å². The number of piperidine rings is 1. The highest BCUT2D eigenvalue weighted by atomic mass is 16.5. The Morgan fingerprint density at radius 1 is 1.21 bits per heavy atom. The van der Waals surface area contributed by atoms with Gasteiger partial charge in [0.2, 0.25) is 5.91 Å². The summed E-state index contributed by atoms with van der Waals surface area (Å²) in [5.74, 6) is -0.493. The summed E-state index contributed by atoms with van der Waals surface area (Å²) in [5, 5.41) is 13.1. The standard InChI is InChI=1S/C20H23N3O5/c1-13(24)14-3-4-18(28-2)15(9-14)10-19(25)22-7-5-17(6-8-22)23-12-16(11-21-23)20(26)27/h3-4,9,11-12,17H,5-8,10H2,1-2H3,(H,26,27). The normalized spacial score (nSPS) is 14.7. The van der Waals surface area contributed by atoms with Crippen LogP contribution in [-0.2, 0) is 11.2 Å². The number of nitrogens with zero attached hydrogens (tertiary/aromatic N) is 3. The third-order valence-corrected chi connectivity index (χ3v) is 5.07. The minimum absolute atomic E-state index is 0.0239. The molecule has 1 amide bonds. The monoisotopic (exact) mass is 385 g/mol. The molecule has 1 saturated heterocycles. The summed E-state index contributed by atoms with van der Waals surface area (Å²) >= 11 is 0. The van der Waals surface area contributed by atoms with E-state index in [-0.39, 0.29) is 29.7 Å². The van der Waals surface area contributed by atoms with E-state index in [9.17, 15) is 14.4 Å². The number of Topliss-reactive ketones (excluding diaryl/α,β-unsaturated/α-hetero) is 1. The van der Waals surface area contributed by atoms with Gasteiger partial charge in [0.25, 0.3) is 0 Å². The largest absolute Gasteiger partial charge is 0.496 e. The molecule has 1 N–H and O–H groups in total. The van der Waals surface area contributed by atoms with Crippen molar-refractivity contribution >= 4 is 17.7 Å². The van der Waals surface area contributed by atoms with Crippen LogP contribution < -0.4 is 4.74 Å². The van der Waals surface area contributed by atoms with E-state index >= 15 is 0 Å². The van der Waals surface area contributed by atoms with Crippen LogP contribution in [-0.4, -0.2) is 57.6 Å². The molecule has 28 heavy (non-hydrogen) atoms. The fourth-order valence-corrected chi connectivity index (χ4v) is 3.44. The Labute approximate surface area is 162 Å². The fourth-order valence-electron chi connectivity index (χ4n) is 3.44. The first-order valence-corrected chi connectivity index (χ1v) is 9.12. The Morgan fingerprint density at radius 3 is 2.50 bits per heavy atom. The van der Waals surface area contributed by atoms with Gasteiger partial charge in [-0.25, -0.2) is 4.79 Å². The van der Waals surface area contributed by atoms with E-state index in [1.807, 2.05) is 0 Å². The second kappa shape index (κ2) is 8.24.